The van der Waals surface area contributed by atoms with Crippen LogP contribution in [0, 0.1) is 0 Å². The van der Waals surface area contributed by atoms with Crippen molar-refractivity contribution in [3.63, 3.8) is 0 Å². The molecule has 0 fully saturated rings. The van der Waals surface area contributed by atoms with Gasteiger partial charge in [0.15, 0.2) is 0 Å². The van der Waals surface area contributed by atoms with E-state index in [0.717, 1.165) is 39.6 Å². The largest absolute Gasteiger partial charge is 0.352 e. The molecule has 1 aromatic carbocycles. The predicted molar refractivity (Wildman–Crippen MR) is 110 cm³/mol. The van der Waals surface area contributed by atoms with E-state index in [0.29, 0.717) is 12.1 Å². The van der Waals surface area contributed by atoms with Crippen LogP contribution in [-0.4, -0.2) is 32.2 Å². The molecule has 0 aliphatic heterocycles. The Morgan fingerprint density at radius 1 is 1.04 bits per heavy atom. The first-order chi connectivity index (χ1) is 13.7. The van der Waals surface area contributed by atoms with Gasteiger partial charge in [-0.3, -0.25) is 19.4 Å². The Bertz CT molecular complexity index is 1130. The molecule has 0 radical (unpaired) electrons. The van der Waals surface area contributed by atoms with Gasteiger partial charge in [0.05, 0.1) is 23.5 Å². The number of nitrogens with zero attached hydrogens (tertiary/aromatic N) is 4. The van der Waals surface area contributed by atoms with Gasteiger partial charge < -0.3 is 5.32 Å². The molecule has 4 rings (SSSR count). The summed E-state index contributed by atoms with van der Waals surface area (Å²) >= 11 is 0. The van der Waals surface area contributed by atoms with E-state index in [1.165, 1.54) is 0 Å². The van der Waals surface area contributed by atoms with E-state index < -0.39 is 0 Å². The number of hydrogen-bond donors (Lipinski definition) is 1. The number of benzene rings is 1. The zero-order valence-corrected chi connectivity index (χ0v) is 15.9. The van der Waals surface area contributed by atoms with Crippen molar-refractivity contribution < 1.29 is 4.79 Å². The summed E-state index contributed by atoms with van der Waals surface area (Å²) in [6.07, 6.45) is 9.86. The normalized spacial score (nSPS) is 10.9. The first kappa shape index (κ1) is 17.9. The summed E-state index contributed by atoms with van der Waals surface area (Å²) in [5.41, 5.74) is 5.47. The second-order valence-corrected chi connectivity index (χ2v) is 6.71. The van der Waals surface area contributed by atoms with Gasteiger partial charge in [-0.15, -0.1) is 0 Å². The van der Waals surface area contributed by atoms with Crippen molar-refractivity contribution in [2.45, 2.75) is 13.3 Å². The molecule has 6 heteroatoms. The van der Waals surface area contributed by atoms with E-state index >= 15 is 0 Å². The van der Waals surface area contributed by atoms with Crippen LogP contribution in [-0.2, 0) is 7.05 Å². The maximum Gasteiger partial charge on any atom is 0.252 e. The van der Waals surface area contributed by atoms with Gasteiger partial charge >= 0.3 is 0 Å². The van der Waals surface area contributed by atoms with E-state index in [9.17, 15) is 4.79 Å². The Balaban J connectivity index is 1.72. The molecule has 4 aromatic rings. The van der Waals surface area contributed by atoms with E-state index in [4.69, 9.17) is 0 Å². The third kappa shape index (κ3) is 3.49. The molecule has 0 aliphatic carbocycles. The third-order valence-electron chi connectivity index (χ3n) is 4.64. The predicted octanol–water partition coefficient (Wildman–Crippen LogP) is 3.84. The quantitative estimate of drug-likeness (QED) is 0.579. The molecule has 1 amide bonds. The van der Waals surface area contributed by atoms with Crippen LogP contribution in [0.5, 0.6) is 0 Å². The van der Waals surface area contributed by atoms with Crippen LogP contribution in [0.4, 0.5) is 0 Å². The Kier molecular flexibility index (Phi) is 4.85. The van der Waals surface area contributed by atoms with Crippen LogP contribution in [0.15, 0.2) is 61.3 Å². The number of hydrogen-bond acceptors (Lipinski definition) is 4. The van der Waals surface area contributed by atoms with Crippen molar-refractivity contribution in [2.75, 3.05) is 6.54 Å². The molecule has 3 aromatic heterocycles. The third-order valence-corrected chi connectivity index (χ3v) is 4.64. The topological polar surface area (TPSA) is 72.7 Å². The Morgan fingerprint density at radius 2 is 1.82 bits per heavy atom. The minimum atomic E-state index is -0.106. The lowest BCUT2D eigenvalue weighted by Crippen LogP contribution is -2.24. The molecule has 6 nitrogen and oxygen atoms in total. The molecule has 0 unspecified atom stereocenters. The highest BCUT2D eigenvalue weighted by molar-refractivity contribution is 6.01. The molecule has 1 N–H and O–H groups in total. The smallest absolute Gasteiger partial charge is 0.252 e. The van der Waals surface area contributed by atoms with Crippen LogP contribution in [0.1, 0.15) is 23.7 Å². The summed E-state index contributed by atoms with van der Waals surface area (Å²) in [7, 11) is 1.90. The van der Waals surface area contributed by atoms with Crippen molar-refractivity contribution in [3.05, 3.63) is 66.9 Å². The molecule has 0 bridgehead atoms. The van der Waals surface area contributed by atoms with Crippen LogP contribution in [0.25, 0.3) is 33.2 Å². The molecule has 0 saturated carbocycles. The standard InChI is InChI=1S/C22H21N5O/c1-3-8-24-22(28)17-9-19-20(12-23-13-21(19)25-10-17)16-6-4-15(5-7-16)18-11-26-27(2)14-18/h4-7,9-14H,3,8H2,1-2H3,(H,24,28). The van der Waals surface area contributed by atoms with Crippen molar-refractivity contribution in [2.24, 2.45) is 7.05 Å². The average molecular weight is 371 g/mol. The van der Waals surface area contributed by atoms with E-state index in [1.54, 1.807) is 17.1 Å². The summed E-state index contributed by atoms with van der Waals surface area (Å²) in [5, 5.41) is 8.03. The zero-order valence-electron chi connectivity index (χ0n) is 15.9. The highest BCUT2D eigenvalue weighted by Gasteiger charge is 2.11. The minimum absolute atomic E-state index is 0.106. The first-order valence-electron chi connectivity index (χ1n) is 9.27. The zero-order chi connectivity index (χ0) is 19.5. The highest BCUT2D eigenvalue weighted by atomic mass is 16.1. The summed E-state index contributed by atoms with van der Waals surface area (Å²) in [4.78, 5) is 21.1. The monoisotopic (exact) mass is 371 g/mol. The van der Waals surface area contributed by atoms with E-state index in [1.807, 2.05) is 38.6 Å². The number of fused-ring (bicyclic) bond motifs is 1. The number of pyridine rings is 2. The number of carbonyl (C=O) groups is 1. The van der Waals surface area contributed by atoms with Crippen molar-refractivity contribution in [1.29, 1.82) is 0 Å². The van der Waals surface area contributed by atoms with Crippen LogP contribution in [0.3, 0.4) is 0 Å². The fraction of sp³-hybridized carbons (Fsp3) is 0.182. The Morgan fingerprint density at radius 3 is 2.54 bits per heavy atom. The molecule has 0 aliphatic rings. The Labute approximate surface area is 163 Å². The summed E-state index contributed by atoms with van der Waals surface area (Å²) in [6, 6.07) is 10.1. The molecular weight excluding hydrogens is 350 g/mol. The van der Waals surface area contributed by atoms with Gasteiger partial charge in [-0.1, -0.05) is 31.2 Å². The molecule has 28 heavy (non-hydrogen) atoms. The summed E-state index contributed by atoms with van der Waals surface area (Å²) in [5.74, 6) is -0.106. The number of aryl methyl sites for hydroxylation is 1. The molecule has 0 saturated heterocycles. The Hall–Kier alpha value is -3.54. The molecule has 3 heterocycles. The van der Waals surface area contributed by atoms with Crippen molar-refractivity contribution in [1.82, 2.24) is 25.1 Å². The van der Waals surface area contributed by atoms with Crippen LogP contribution >= 0.6 is 0 Å². The van der Waals surface area contributed by atoms with Crippen molar-refractivity contribution >= 4 is 16.8 Å². The fourth-order valence-corrected chi connectivity index (χ4v) is 3.15. The van der Waals surface area contributed by atoms with Crippen molar-refractivity contribution in [3.8, 4) is 22.3 Å². The molecule has 0 spiro atoms. The second kappa shape index (κ2) is 7.60. The van der Waals surface area contributed by atoms with Gasteiger partial charge in [-0.2, -0.15) is 5.10 Å². The second-order valence-electron chi connectivity index (χ2n) is 6.71. The summed E-state index contributed by atoms with van der Waals surface area (Å²) < 4.78 is 1.79. The lowest BCUT2D eigenvalue weighted by atomic mass is 9.99. The number of rotatable bonds is 5. The van der Waals surface area contributed by atoms with E-state index in [2.05, 4.69) is 44.6 Å². The number of nitrogens with one attached hydrogen (secondary N) is 1. The van der Waals surface area contributed by atoms with Crippen LogP contribution in [0.2, 0.25) is 0 Å². The summed E-state index contributed by atoms with van der Waals surface area (Å²) in [6.45, 7) is 2.67. The van der Waals surface area contributed by atoms with Gasteiger partial charge in [0.1, 0.15) is 0 Å². The number of carbonyl (C=O) groups excluding carboxylic acids is 1. The van der Waals surface area contributed by atoms with Gasteiger partial charge in [0.25, 0.3) is 5.91 Å². The SMILES string of the molecule is CCCNC(=O)c1cnc2cncc(-c3ccc(-c4cnn(C)c4)cc3)c2c1. The molecule has 140 valence electrons. The molecule has 0 atom stereocenters. The van der Waals surface area contributed by atoms with E-state index in [-0.39, 0.29) is 5.91 Å². The lowest BCUT2D eigenvalue weighted by Gasteiger charge is -2.09. The molecular formula is C22H21N5O. The minimum Gasteiger partial charge on any atom is -0.352 e. The first-order valence-corrected chi connectivity index (χ1v) is 9.27. The van der Waals surface area contributed by atoms with Gasteiger partial charge in [0, 0.05) is 48.7 Å². The van der Waals surface area contributed by atoms with Gasteiger partial charge in [-0.05, 0) is 23.6 Å². The maximum absolute atomic E-state index is 12.3. The number of amides is 1. The lowest BCUT2D eigenvalue weighted by molar-refractivity contribution is 0.0953. The average Bonchev–Trinajstić information content (AvgIpc) is 3.17. The fourth-order valence-electron chi connectivity index (χ4n) is 3.15. The highest BCUT2D eigenvalue weighted by Crippen LogP contribution is 2.29. The number of aromatic nitrogens is 4. The van der Waals surface area contributed by atoms with Crippen LogP contribution < -0.4 is 5.32 Å². The van der Waals surface area contributed by atoms with Gasteiger partial charge in [-0.25, -0.2) is 0 Å². The van der Waals surface area contributed by atoms with Gasteiger partial charge in [0.2, 0.25) is 0 Å². The maximum atomic E-state index is 12.3.